The van der Waals surface area contributed by atoms with Crippen molar-refractivity contribution in [3.8, 4) is 5.75 Å². The maximum Gasteiger partial charge on any atom is 0.124 e. The summed E-state index contributed by atoms with van der Waals surface area (Å²) in [6, 6.07) is 24.5. The average molecular weight is 454 g/mol. The van der Waals surface area contributed by atoms with E-state index in [1.165, 1.54) is 17.7 Å². The Morgan fingerprint density at radius 3 is 2.48 bits per heavy atom. The molecule has 4 aromatic carbocycles. The van der Waals surface area contributed by atoms with Crippen LogP contribution in [-0.2, 0) is 19.6 Å². The van der Waals surface area contributed by atoms with Crippen LogP contribution in [0.1, 0.15) is 16.7 Å². The van der Waals surface area contributed by atoms with Gasteiger partial charge in [0, 0.05) is 22.7 Å². The number of rotatable bonds is 8. The van der Waals surface area contributed by atoms with Gasteiger partial charge in [-0.05, 0) is 59.6 Å². The Kier molecular flexibility index (Phi) is 7.08. The van der Waals surface area contributed by atoms with Gasteiger partial charge >= 0.3 is 0 Å². The lowest BCUT2D eigenvalue weighted by Crippen LogP contribution is -2.17. The minimum absolute atomic E-state index is 0.273. The summed E-state index contributed by atoms with van der Waals surface area (Å²) in [4.78, 5) is 0. The number of hydrogen-bond acceptors (Lipinski definition) is 2. The van der Waals surface area contributed by atoms with Gasteiger partial charge in [-0.25, -0.2) is 4.39 Å². The van der Waals surface area contributed by atoms with Crippen molar-refractivity contribution in [1.82, 2.24) is 5.32 Å². The lowest BCUT2D eigenvalue weighted by atomic mass is 10.0. The van der Waals surface area contributed by atoms with Gasteiger partial charge in [-0.15, -0.1) is 0 Å². The molecular formula is C26H22Cl2FNO. The quantitative estimate of drug-likeness (QED) is 0.285. The third kappa shape index (κ3) is 5.56. The number of fused-ring (bicyclic) bond motifs is 1. The van der Waals surface area contributed by atoms with Crippen molar-refractivity contribution in [3.05, 3.63) is 111 Å². The van der Waals surface area contributed by atoms with Gasteiger partial charge in [0.2, 0.25) is 0 Å². The molecule has 0 saturated carbocycles. The fourth-order valence-corrected chi connectivity index (χ4v) is 3.87. The monoisotopic (exact) mass is 453 g/mol. The molecule has 5 heteroatoms. The van der Waals surface area contributed by atoms with Crippen molar-refractivity contribution in [2.75, 3.05) is 6.54 Å². The van der Waals surface area contributed by atoms with E-state index < -0.39 is 0 Å². The Labute approximate surface area is 191 Å². The Hall–Kier alpha value is -2.59. The van der Waals surface area contributed by atoms with Crippen LogP contribution in [-0.4, -0.2) is 6.54 Å². The Morgan fingerprint density at radius 1 is 0.871 bits per heavy atom. The van der Waals surface area contributed by atoms with Crippen LogP contribution >= 0.6 is 23.2 Å². The second-order valence-corrected chi connectivity index (χ2v) is 8.18. The minimum Gasteiger partial charge on any atom is -0.488 e. The molecule has 0 radical (unpaired) electrons. The molecular weight excluding hydrogens is 432 g/mol. The fourth-order valence-electron chi connectivity index (χ4n) is 3.52. The zero-order valence-corrected chi connectivity index (χ0v) is 18.4. The van der Waals surface area contributed by atoms with Crippen molar-refractivity contribution < 1.29 is 9.13 Å². The van der Waals surface area contributed by atoms with Crippen LogP contribution in [0.2, 0.25) is 10.0 Å². The van der Waals surface area contributed by atoms with E-state index in [-0.39, 0.29) is 12.4 Å². The molecule has 0 aliphatic rings. The van der Waals surface area contributed by atoms with E-state index in [1.807, 2.05) is 48.5 Å². The molecule has 0 atom stereocenters. The first-order valence-corrected chi connectivity index (χ1v) is 10.9. The first kappa shape index (κ1) is 21.6. The highest BCUT2D eigenvalue weighted by Crippen LogP contribution is 2.29. The van der Waals surface area contributed by atoms with E-state index in [9.17, 15) is 4.39 Å². The van der Waals surface area contributed by atoms with E-state index in [0.717, 1.165) is 45.6 Å². The first-order valence-electron chi connectivity index (χ1n) is 10.1. The molecule has 0 aromatic heterocycles. The highest BCUT2D eigenvalue weighted by atomic mass is 35.5. The van der Waals surface area contributed by atoms with E-state index in [4.69, 9.17) is 27.9 Å². The summed E-state index contributed by atoms with van der Waals surface area (Å²) in [5.74, 6) is 0.433. The minimum atomic E-state index is -0.356. The van der Waals surface area contributed by atoms with Gasteiger partial charge < -0.3 is 10.1 Å². The molecule has 0 amide bonds. The van der Waals surface area contributed by atoms with Crippen LogP contribution in [0.4, 0.5) is 4.39 Å². The van der Waals surface area contributed by atoms with E-state index >= 15 is 0 Å². The van der Waals surface area contributed by atoms with E-state index in [2.05, 4.69) is 17.4 Å². The summed E-state index contributed by atoms with van der Waals surface area (Å²) in [5, 5.41) is 6.94. The molecule has 0 aliphatic carbocycles. The number of halogens is 3. The van der Waals surface area contributed by atoms with Crippen LogP contribution < -0.4 is 10.1 Å². The molecule has 4 aromatic rings. The number of nitrogens with one attached hydrogen (secondary N) is 1. The Balaban J connectivity index is 1.49. The standard InChI is InChI=1S/C26H22Cl2FNO/c27-21-9-5-18(6-10-21)13-14-30-16-24-23-4-2-1-3-19(23)8-12-26(24)31-17-20-7-11-22(29)15-25(20)28/h1-12,15,30H,13-14,16-17H2. The summed E-state index contributed by atoms with van der Waals surface area (Å²) in [5.41, 5.74) is 3.07. The first-order chi connectivity index (χ1) is 15.1. The number of benzene rings is 4. The predicted molar refractivity (Wildman–Crippen MR) is 127 cm³/mol. The maximum absolute atomic E-state index is 13.3. The highest BCUT2D eigenvalue weighted by molar-refractivity contribution is 6.31. The second kappa shape index (κ2) is 10.1. The van der Waals surface area contributed by atoms with Gasteiger partial charge in [0.25, 0.3) is 0 Å². The zero-order chi connectivity index (χ0) is 21.6. The smallest absolute Gasteiger partial charge is 0.124 e. The summed E-state index contributed by atoms with van der Waals surface area (Å²) in [6.45, 7) is 1.77. The molecule has 0 fully saturated rings. The molecule has 158 valence electrons. The van der Waals surface area contributed by atoms with Gasteiger partial charge in [-0.1, -0.05) is 71.7 Å². The SMILES string of the molecule is Fc1ccc(COc2ccc3ccccc3c2CNCCc2ccc(Cl)cc2)c(Cl)c1. The molecule has 31 heavy (non-hydrogen) atoms. The van der Waals surface area contributed by atoms with Crippen molar-refractivity contribution in [2.45, 2.75) is 19.6 Å². The van der Waals surface area contributed by atoms with Crippen LogP contribution in [0.25, 0.3) is 10.8 Å². The lowest BCUT2D eigenvalue weighted by Gasteiger charge is -2.16. The van der Waals surface area contributed by atoms with Crippen LogP contribution in [0.5, 0.6) is 5.75 Å². The lowest BCUT2D eigenvalue weighted by molar-refractivity contribution is 0.302. The second-order valence-electron chi connectivity index (χ2n) is 7.34. The fraction of sp³-hybridized carbons (Fsp3) is 0.154. The normalized spacial score (nSPS) is 11.1. The van der Waals surface area contributed by atoms with Gasteiger partial charge in [-0.3, -0.25) is 0 Å². The summed E-state index contributed by atoms with van der Waals surface area (Å²) < 4.78 is 19.4. The van der Waals surface area contributed by atoms with Crippen molar-refractivity contribution >= 4 is 34.0 Å². The Bertz CT molecular complexity index is 1180. The summed E-state index contributed by atoms with van der Waals surface area (Å²) >= 11 is 12.1. The van der Waals surface area contributed by atoms with Crippen LogP contribution in [0.15, 0.2) is 78.9 Å². The van der Waals surface area contributed by atoms with E-state index in [0.29, 0.717) is 11.6 Å². The van der Waals surface area contributed by atoms with Gasteiger partial charge in [-0.2, -0.15) is 0 Å². The number of hydrogen-bond donors (Lipinski definition) is 1. The van der Waals surface area contributed by atoms with Crippen molar-refractivity contribution in [1.29, 1.82) is 0 Å². The van der Waals surface area contributed by atoms with E-state index in [1.54, 1.807) is 6.07 Å². The third-order valence-corrected chi connectivity index (χ3v) is 5.81. The van der Waals surface area contributed by atoms with Crippen molar-refractivity contribution in [3.63, 3.8) is 0 Å². The van der Waals surface area contributed by atoms with Gasteiger partial charge in [0.15, 0.2) is 0 Å². The zero-order valence-electron chi connectivity index (χ0n) is 16.9. The van der Waals surface area contributed by atoms with Crippen LogP contribution in [0, 0.1) is 5.82 Å². The molecule has 2 nitrogen and oxygen atoms in total. The molecule has 1 N–H and O–H groups in total. The highest BCUT2D eigenvalue weighted by Gasteiger charge is 2.10. The van der Waals surface area contributed by atoms with Gasteiger partial charge in [0.1, 0.15) is 18.2 Å². The van der Waals surface area contributed by atoms with Crippen molar-refractivity contribution in [2.24, 2.45) is 0 Å². The molecule has 0 bridgehead atoms. The topological polar surface area (TPSA) is 21.3 Å². The summed E-state index contributed by atoms with van der Waals surface area (Å²) in [7, 11) is 0. The largest absolute Gasteiger partial charge is 0.488 e. The molecule has 0 heterocycles. The third-order valence-electron chi connectivity index (χ3n) is 5.20. The maximum atomic E-state index is 13.3. The molecule has 4 rings (SSSR count). The van der Waals surface area contributed by atoms with Crippen LogP contribution in [0.3, 0.4) is 0 Å². The van der Waals surface area contributed by atoms with Gasteiger partial charge in [0.05, 0.1) is 5.02 Å². The average Bonchev–Trinajstić information content (AvgIpc) is 2.78. The number of ether oxygens (including phenoxy) is 1. The Morgan fingerprint density at radius 2 is 1.68 bits per heavy atom. The summed E-state index contributed by atoms with van der Waals surface area (Å²) in [6.07, 6.45) is 0.906. The molecule has 0 saturated heterocycles. The molecule has 0 unspecified atom stereocenters. The molecule has 0 spiro atoms. The predicted octanol–water partition coefficient (Wildman–Crippen LogP) is 7.20. The molecule has 0 aliphatic heterocycles.